The Hall–Kier alpha value is -0.800. The fourth-order valence-corrected chi connectivity index (χ4v) is 3.58. The third-order valence-electron chi connectivity index (χ3n) is 4.66. The molecule has 0 saturated carbocycles. The fourth-order valence-electron chi connectivity index (χ4n) is 3.42. The van der Waals surface area contributed by atoms with Gasteiger partial charge in [-0.1, -0.05) is 6.07 Å². The van der Waals surface area contributed by atoms with Gasteiger partial charge in [-0.25, -0.2) is 4.39 Å². The maximum Gasteiger partial charge on any atom is 0.146 e. The molecule has 2 heterocycles. The van der Waals surface area contributed by atoms with Gasteiger partial charge in [-0.15, -0.1) is 11.6 Å². The van der Waals surface area contributed by atoms with E-state index in [0.29, 0.717) is 18.0 Å². The van der Waals surface area contributed by atoms with Gasteiger partial charge >= 0.3 is 0 Å². The lowest BCUT2D eigenvalue weighted by Gasteiger charge is -2.28. The number of fused-ring (bicyclic) bond motifs is 2. The Bertz CT molecular complexity index is 465. The number of halogens is 2. The van der Waals surface area contributed by atoms with Crippen molar-refractivity contribution in [3.63, 3.8) is 0 Å². The summed E-state index contributed by atoms with van der Waals surface area (Å²) in [5.41, 5.74) is 1.58. The minimum atomic E-state index is -0.140. The van der Waals surface area contributed by atoms with E-state index in [4.69, 9.17) is 11.6 Å². The van der Waals surface area contributed by atoms with E-state index < -0.39 is 0 Å². The van der Waals surface area contributed by atoms with Crippen molar-refractivity contribution in [3.8, 4) is 0 Å². The molecule has 2 unspecified atom stereocenters. The van der Waals surface area contributed by atoms with Crippen LogP contribution < -0.4 is 4.90 Å². The van der Waals surface area contributed by atoms with Gasteiger partial charge in [0.25, 0.3) is 0 Å². The molecule has 2 aliphatic heterocycles. The molecule has 2 atom stereocenters. The summed E-state index contributed by atoms with van der Waals surface area (Å²) in [5, 5.41) is 0. The second kappa shape index (κ2) is 5.29. The molecule has 2 saturated heterocycles. The maximum absolute atomic E-state index is 14.2. The number of anilines is 1. The lowest BCUT2D eigenvalue weighted by molar-refractivity contribution is 0.254. The van der Waals surface area contributed by atoms with Gasteiger partial charge in [0, 0.05) is 31.1 Å². The van der Waals surface area contributed by atoms with Gasteiger partial charge in [-0.3, -0.25) is 4.90 Å². The molecule has 0 amide bonds. The standard InChI is InChI=1S/C15H20ClFN2/c1-18-12-3-4-13(18)10-19(7-6-12)15-5-2-11(9-16)8-14(15)17/h2,5,8,12-13H,3-4,6-7,9-10H2,1H3. The summed E-state index contributed by atoms with van der Waals surface area (Å²) in [5.74, 6) is 0.226. The Balaban J connectivity index is 1.82. The van der Waals surface area contributed by atoms with Crippen molar-refractivity contribution in [3.05, 3.63) is 29.6 Å². The van der Waals surface area contributed by atoms with Crippen LogP contribution in [0.1, 0.15) is 24.8 Å². The molecule has 2 nitrogen and oxygen atoms in total. The van der Waals surface area contributed by atoms with Gasteiger partial charge in [0.05, 0.1) is 5.69 Å². The highest BCUT2D eigenvalue weighted by atomic mass is 35.5. The highest BCUT2D eigenvalue weighted by molar-refractivity contribution is 6.17. The first-order valence-electron chi connectivity index (χ1n) is 7.00. The van der Waals surface area contributed by atoms with Gasteiger partial charge in [0.1, 0.15) is 5.82 Å². The van der Waals surface area contributed by atoms with E-state index in [1.165, 1.54) is 12.8 Å². The Kier molecular flexibility index (Phi) is 3.68. The van der Waals surface area contributed by atoms with Crippen LogP contribution in [0.3, 0.4) is 0 Å². The van der Waals surface area contributed by atoms with Crippen LogP contribution in [-0.2, 0) is 5.88 Å². The van der Waals surface area contributed by atoms with Crippen LogP contribution in [0.25, 0.3) is 0 Å². The van der Waals surface area contributed by atoms with E-state index in [9.17, 15) is 4.39 Å². The summed E-state index contributed by atoms with van der Waals surface area (Å²) in [6.07, 6.45) is 3.66. The van der Waals surface area contributed by atoms with E-state index in [-0.39, 0.29) is 5.82 Å². The van der Waals surface area contributed by atoms with Crippen molar-refractivity contribution < 1.29 is 4.39 Å². The first kappa shape index (κ1) is 13.2. The van der Waals surface area contributed by atoms with E-state index in [1.807, 2.05) is 12.1 Å². The minimum Gasteiger partial charge on any atom is -0.368 e. The molecule has 1 aromatic carbocycles. The average Bonchev–Trinajstić information content (AvgIpc) is 2.64. The summed E-state index contributed by atoms with van der Waals surface area (Å²) < 4.78 is 14.2. The third kappa shape index (κ3) is 2.46. The lowest BCUT2D eigenvalue weighted by Crippen LogP contribution is -2.36. The first-order valence-corrected chi connectivity index (χ1v) is 7.54. The topological polar surface area (TPSA) is 6.48 Å². The molecule has 104 valence electrons. The van der Waals surface area contributed by atoms with Crippen molar-refractivity contribution in [1.82, 2.24) is 4.90 Å². The van der Waals surface area contributed by atoms with Crippen LogP contribution in [0.4, 0.5) is 10.1 Å². The number of benzene rings is 1. The van der Waals surface area contributed by atoms with Crippen molar-refractivity contribution in [1.29, 1.82) is 0 Å². The molecule has 0 aliphatic carbocycles. The molecule has 19 heavy (non-hydrogen) atoms. The van der Waals surface area contributed by atoms with Gasteiger partial charge in [-0.2, -0.15) is 0 Å². The zero-order valence-corrected chi connectivity index (χ0v) is 12.0. The normalized spacial score (nSPS) is 27.6. The van der Waals surface area contributed by atoms with Crippen LogP contribution in [0.15, 0.2) is 18.2 Å². The predicted octanol–water partition coefficient (Wildman–Crippen LogP) is 3.24. The molecule has 2 fully saturated rings. The molecule has 2 bridgehead atoms. The lowest BCUT2D eigenvalue weighted by atomic mass is 10.1. The number of rotatable bonds is 2. The number of alkyl halides is 1. The molecule has 0 N–H and O–H groups in total. The number of hydrogen-bond acceptors (Lipinski definition) is 2. The predicted molar refractivity (Wildman–Crippen MR) is 77.4 cm³/mol. The molecule has 0 radical (unpaired) electrons. The monoisotopic (exact) mass is 282 g/mol. The fraction of sp³-hybridized carbons (Fsp3) is 0.600. The number of hydrogen-bond donors (Lipinski definition) is 0. The second-order valence-corrected chi connectivity index (χ2v) is 5.97. The highest BCUT2D eigenvalue weighted by Gasteiger charge is 2.35. The van der Waals surface area contributed by atoms with Gasteiger partial charge in [0.2, 0.25) is 0 Å². The molecular weight excluding hydrogens is 263 g/mol. The maximum atomic E-state index is 14.2. The van der Waals surface area contributed by atoms with Crippen molar-refractivity contribution in [2.24, 2.45) is 0 Å². The molecular formula is C15H20ClFN2. The zero-order chi connectivity index (χ0) is 13.4. The number of likely N-dealkylation sites (N-methyl/N-ethyl adjacent to an activating group) is 1. The Morgan fingerprint density at radius 1 is 1.26 bits per heavy atom. The summed E-state index contributed by atoms with van der Waals surface area (Å²) in [7, 11) is 2.21. The molecule has 4 heteroatoms. The summed E-state index contributed by atoms with van der Waals surface area (Å²) in [6, 6.07) is 6.62. The van der Waals surface area contributed by atoms with Crippen LogP contribution in [0.2, 0.25) is 0 Å². The molecule has 0 spiro atoms. The largest absolute Gasteiger partial charge is 0.368 e. The minimum absolute atomic E-state index is 0.140. The molecule has 3 rings (SSSR count). The van der Waals surface area contributed by atoms with Crippen LogP contribution in [0, 0.1) is 5.82 Å². The Morgan fingerprint density at radius 3 is 2.79 bits per heavy atom. The summed E-state index contributed by atoms with van der Waals surface area (Å²) in [6.45, 7) is 1.88. The van der Waals surface area contributed by atoms with E-state index in [0.717, 1.165) is 30.8 Å². The number of nitrogens with zero attached hydrogens (tertiary/aromatic N) is 2. The molecule has 1 aromatic rings. The van der Waals surface area contributed by atoms with E-state index in [1.54, 1.807) is 6.07 Å². The third-order valence-corrected chi connectivity index (χ3v) is 4.96. The van der Waals surface area contributed by atoms with E-state index >= 15 is 0 Å². The first-order chi connectivity index (χ1) is 9.19. The average molecular weight is 283 g/mol. The molecule has 2 aliphatic rings. The Morgan fingerprint density at radius 2 is 2.05 bits per heavy atom. The highest BCUT2D eigenvalue weighted by Crippen LogP contribution is 2.31. The SMILES string of the molecule is CN1C2CCC1CN(c1ccc(CCl)cc1F)CC2. The van der Waals surface area contributed by atoms with Crippen LogP contribution in [-0.4, -0.2) is 37.1 Å². The Labute approximate surface area is 119 Å². The van der Waals surface area contributed by atoms with E-state index in [2.05, 4.69) is 16.8 Å². The summed E-state index contributed by atoms with van der Waals surface area (Å²) in [4.78, 5) is 4.68. The smallest absolute Gasteiger partial charge is 0.146 e. The van der Waals surface area contributed by atoms with Gasteiger partial charge < -0.3 is 4.90 Å². The van der Waals surface area contributed by atoms with Crippen molar-refractivity contribution in [2.75, 3.05) is 25.0 Å². The van der Waals surface area contributed by atoms with Crippen molar-refractivity contribution >= 4 is 17.3 Å². The van der Waals surface area contributed by atoms with Gasteiger partial charge in [-0.05, 0) is 44.0 Å². The quantitative estimate of drug-likeness (QED) is 0.769. The van der Waals surface area contributed by atoms with Crippen LogP contribution in [0.5, 0.6) is 0 Å². The van der Waals surface area contributed by atoms with Crippen LogP contribution >= 0.6 is 11.6 Å². The second-order valence-electron chi connectivity index (χ2n) is 5.70. The summed E-state index contributed by atoms with van der Waals surface area (Å²) >= 11 is 5.75. The van der Waals surface area contributed by atoms with Crippen molar-refractivity contribution in [2.45, 2.75) is 37.2 Å². The zero-order valence-electron chi connectivity index (χ0n) is 11.3. The van der Waals surface area contributed by atoms with Gasteiger partial charge in [0.15, 0.2) is 0 Å². The molecule has 0 aromatic heterocycles.